The molecule has 1 fully saturated rings. The smallest absolute Gasteiger partial charge is 0.0749 e. The van der Waals surface area contributed by atoms with Crippen LogP contribution >= 0.6 is 23.2 Å². The summed E-state index contributed by atoms with van der Waals surface area (Å²) in [6.45, 7) is 0.884. The van der Waals surface area contributed by atoms with Gasteiger partial charge in [-0.3, -0.25) is 4.90 Å². The van der Waals surface area contributed by atoms with Gasteiger partial charge in [0.1, 0.15) is 0 Å². The monoisotopic (exact) mass is 245 g/mol. The van der Waals surface area contributed by atoms with Gasteiger partial charge in [0, 0.05) is 6.54 Å². The van der Waals surface area contributed by atoms with E-state index in [1.54, 1.807) is 6.07 Å². The highest BCUT2D eigenvalue weighted by Crippen LogP contribution is 2.37. The average molecular weight is 246 g/mol. The molecule has 0 bridgehead atoms. The molecule has 0 radical (unpaired) electrons. The first-order valence-corrected chi connectivity index (χ1v) is 5.69. The summed E-state index contributed by atoms with van der Waals surface area (Å²) < 4.78 is 0. The van der Waals surface area contributed by atoms with E-state index in [0.717, 1.165) is 18.5 Å². The van der Waals surface area contributed by atoms with E-state index in [0.29, 0.717) is 10.0 Å². The first-order valence-electron chi connectivity index (χ1n) is 4.93. The van der Waals surface area contributed by atoms with Gasteiger partial charge in [0.25, 0.3) is 0 Å². The van der Waals surface area contributed by atoms with Gasteiger partial charge in [-0.1, -0.05) is 35.3 Å². The van der Waals surface area contributed by atoms with Gasteiger partial charge in [-0.2, -0.15) is 0 Å². The summed E-state index contributed by atoms with van der Waals surface area (Å²) in [7, 11) is 1.98. The number of nitrogens with zero attached hydrogens (tertiary/aromatic N) is 1. The molecular weight excluding hydrogens is 233 g/mol. The second-order valence-corrected chi connectivity index (χ2v) is 4.71. The van der Waals surface area contributed by atoms with Gasteiger partial charge in [0.2, 0.25) is 0 Å². The molecule has 0 saturated carbocycles. The number of likely N-dealkylation sites (N-methyl/N-ethyl adjacent to an activating group) is 1. The Hall–Kier alpha value is -0.280. The summed E-state index contributed by atoms with van der Waals surface area (Å²) in [5, 5.41) is 11.0. The van der Waals surface area contributed by atoms with Crippen molar-refractivity contribution in [2.24, 2.45) is 0 Å². The third-order valence-electron chi connectivity index (χ3n) is 2.92. The van der Waals surface area contributed by atoms with Crippen LogP contribution < -0.4 is 0 Å². The van der Waals surface area contributed by atoms with Gasteiger partial charge >= 0.3 is 0 Å². The van der Waals surface area contributed by atoms with Gasteiger partial charge in [-0.25, -0.2) is 0 Å². The highest BCUT2D eigenvalue weighted by Gasteiger charge is 2.33. The number of hydrogen-bond donors (Lipinski definition) is 1. The SMILES string of the molecule is CN1CCC(O)C1c1cccc(Cl)c1Cl. The van der Waals surface area contributed by atoms with Crippen LogP contribution in [0.3, 0.4) is 0 Å². The molecule has 0 aromatic heterocycles. The molecule has 2 unspecified atom stereocenters. The number of hydrogen-bond acceptors (Lipinski definition) is 2. The standard InChI is InChI=1S/C11H13Cl2NO/c1-14-6-5-9(15)11(14)7-3-2-4-8(12)10(7)13/h2-4,9,11,15H,5-6H2,1H3. The van der Waals surface area contributed by atoms with Gasteiger partial charge in [0.15, 0.2) is 0 Å². The van der Waals surface area contributed by atoms with Crippen LogP contribution in [0.5, 0.6) is 0 Å². The number of rotatable bonds is 1. The van der Waals surface area contributed by atoms with Crippen molar-refractivity contribution in [1.29, 1.82) is 0 Å². The lowest BCUT2D eigenvalue weighted by Crippen LogP contribution is -2.23. The summed E-state index contributed by atoms with van der Waals surface area (Å²) in [6, 6.07) is 5.51. The Bertz CT molecular complexity index is 360. The fourth-order valence-corrected chi connectivity index (χ4v) is 2.54. The predicted molar refractivity (Wildman–Crippen MR) is 62.5 cm³/mol. The lowest BCUT2D eigenvalue weighted by atomic mass is 10.0. The van der Waals surface area contributed by atoms with Crippen molar-refractivity contribution in [2.45, 2.75) is 18.6 Å². The first kappa shape index (κ1) is 11.2. The minimum absolute atomic E-state index is 0.0313. The van der Waals surface area contributed by atoms with Crippen LogP contribution in [0.1, 0.15) is 18.0 Å². The molecule has 1 saturated heterocycles. The fourth-order valence-electron chi connectivity index (χ4n) is 2.12. The van der Waals surface area contributed by atoms with Crippen molar-refractivity contribution < 1.29 is 5.11 Å². The van der Waals surface area contributed by atoms with Crippen LogP contribution in [0, 0.1) is 0 Å². The van der Waals surface area contributed by atoms with Gasteiger partial charge < -0.3 is 5.11 Å². The van der Waals surface area contributed by atoms with Crippen LogP contribution in [0.25, 0.3) is 0 Å². The van der Waals surface area contributed by atoms with Crippen LogP contribution in [0.4, 0.5) is 0 Å². The zero-order valence-corrected chi connectivity index (χ0v) is 9.96. The highest BCUT2D eigenvalue weighted by molar-refractivity contribution is 6.42. The van der Waals surface area contributed by atoms with E-state index in [-0.39, 0.29) is 12.1 Å². The molecule has 1 aliphatic heterocycles. The normalized spacial score (nSPS) is 27.2. The minimum Gasteiger partial charge on any atom is -0.391 e. The average Bonchev–Trinajstić information content (AvgIpc) is 2.52. The molecule has 1 aromatic carbocycles. The van der Waals surface area contributed by atoms with E-state index in [1.807, 2.05) is 19.2 Å². The zero-order chi connectivity index (χ0) is 11.0. The maximum Gasteiger partial charge on any atom is 0.0749 e. The molecule has 0 amide bonds. The van der Waals surface area contributed by atoms with Crippen molar-refractivity contribution in [3.63, 3.8) is 0 Å². The Balaban J connectivity index is 2.40. The van der Waals surface area contributed by atoms with E-state index < -0.39 is 0 Å². The van der Waals surface area contributed by atoms with Gasteiger partial charge in [-0.05, 0) is 25.1 Å². The van der Waals surface area contributed by atoms with Gasteiger partial charge in [-0.15, -0.1) is 0 Å². The molecule has 1 N–H and O–H groups in total. The van der Waals surface area contributed by atoms with Crippen LogP contribution in [-0.4, -0.2) is 29.7 Å². The molecule has 1 aliphatic rings. The molecule has 15 heavy (non-hydrogen) atoms. The largest absolute Gasteiger partial charge is 0.391 e. The molecule has 0 spiro atoms. The Labute approximate surface area is 99.4 Å². The molecule has 4 heteroatoms. The Morgan fingerprint density at radius 1 is 1.40 bits per heavy atom. The molecule has 1 heterocycles. The van der Waals surface area contributed by atoms with E-state index in [9.17, 15) is 5.11 Å². The first-order chi connectivity index (χ1) is 7.11. The third-order valence-corrected chi connectivity index (χ3v) is 3.75. The van der Waals surface area contributed by atoms with Crippen LogP contribution in [-0.2, 0) is 0 Å². The predicted octanol–water partition coefficient (Wildman–Crippen LogP) is 2.73. The Kier molecular flexibility index (Phi) is 3.21. The third kappa shape index (κ3) is 2.00. The summed E-state index contributed by atoms with van der Waals surface area (Å²) in [4.78, 5) is 2.10. The Morgan fingerprint density at radius 3 is 2.73 bits per heavy atom. The number of aliphatic hydroxyl groups is 1. The van der Waals surface area contributed by atoms with Crippen molar-refractivity contribution in [1.82, 2.24) is 4.90 Å². The fraction of sp³-hybridized carbons (Fsp3) is 0.455. The number of halogens is 2. The van der Waals surface area contributed by atoms with Crippen molar-refractivity contribution >= 4 is 23.2 Å². The lowest BCUT2D eigenvalue weighted by molar-refractivity contribution is 0.128. The molecule has 2 rings (SSSR count). The summed E-state index contributed by atoms with van der Waals surface area (Å²) in [6.07, 6.45) is 0.426. The van der Waals surface area contributed by atoms with E-state index in [1.165, 1.54) is 0 Å². The van der Waals surface area contributed by atoms with E-state index in [2.05, 4.69) is 4.90 Å². The highest BCUT2D eigenvalue weighted by atomic mass is 35.5. The molecular formula is C11H13Cl2NO. The molecule has 0 aliphatic carbocycles. The number of aliphatic hydroxyl groups excluding tert-OH is 1. The molecule has 2 atom stereocenters. The summed E-state index contributed by atoms with van der Waals surface area (Å²) in [5.41, 5.74) is 0.914. The van der Waals surface area contributed by atoms with Crippen molar-refractivity contribution in [3.05, 3.63) is 33.8 Å². The quantitative estimate of drug-likeness (QED) is 0.823. The van der Waals surface area contributed by atoms with Gasteiger partial charge in [0.05, 0.1) is 22.2 Å². The van der Waals surface area contributed by atoms with Crippen LogP contribution in [0.15, 0.2) is 18.2 Å². The topological polar surface area (TPSA) is 23.5 Å². The van der Waals surface area contributed by atoms with E-state index in [4.69, 9.17) is 23.2 Å². The number of likely N-dealkylation sites (tertiary alicyclic amines) is 1. The van der Waals surface area contributed by atoms with E-state index >= 15 is 0 Å². The Morgan fingerprint density at radius 2 is 2.13 bits per heavy atom. The van der Waals surface area contributed by atoms with Crippen LogP contribution in [0.2, 0.25) is 10.0 Å². The molecule has 82 valence electrons. The second-order valence-electron chi connectivity index (χ2n) is 3.92. The lowest BCUT2D eigenvalue weighted by Gasteiger charge is -2.23. The maximum absolute atomic E-state index is 9.88. The zero-order valence-electron chi connectivity index (χ0n) is 8.45. The summed E-state index contributed by atoms with van der Waals surface area (Å²) >= 11 is 12.1. The van der Waals surface area contributed by atoms with Crippen molar-refractivity contribution in [3.8, 4) is 0 Å². The molecule has 2 nitrogen and oxygen atoms in total. The number of benzene rings is 1. The second kappa shape index (κ2) is 4.30. The van der Waals surface area contributed by atoms with Crippen molar-refractivity contribution in [2.75, 3.05) is 13.6 Å². The summed E-state index contributed by atoms with van der Waals surface area (Å²) in [5.74, 6) is 0. The maximum atomic E-state index is 9.88. The minimum atomic E-state index is -0.356. The molecule has 1 aromatic rings.